The summed E-state index contributed by atoms with van der Waals surface area (Å²) < 4.78 is 13.2. The SMILES string of the molecule is NC(=S)c1ccc(Cl)cc1Nc1c(Cl)cc(F)cc1Cl. The van der Waals surface area contributed by atoms with Crippen LogP contribution >= 0.6 is 47.0 Å². The summed E-state index contributed by atoms with van der Waals surface area (Å²) in [7, 11) is 0. The van der Waals surface area contributed by atoms with Gasteiger partial charge in [0, 0.05) is 10.6 Å². The fraction of sp³-hybridized carbons (Fsp3) is 0. The van der Waals surface area contributed by atoms with Crippen LogP contribution in [0.5, 0.6) is 0 Å². The molecule has 2 rings (SSSR count). The molecule has 0 unspecified atom stereocenters. The summed E-state index contributed by atoms with van der Waals surface area (Å²) in [4.78, 5) is 0.193. The van der Waals surface area contributed by atoms with E-state index in [0.717, 1.165) is 12.1 Å². The van der Waals surface area contributed by atoms with Crippen molar-refractivity contribution >= 4 is 63.4 Å². The number of nitrogens with one attached hydrogen (secondary N) is 1. The number of halogens is 4. The van der Waals surface area contributed by atoms with E-state index in [-0.39, 0.29) is 15.0 Å². The van der Waals surface area contributed by atoms with E-state index in [9.17, 15) is 4.39 Å². The molecule has 0 heterocycles. The fourth-order valence-corrected chi connectivity index (χ4v) is 2.54. The van der Waals surface area contributed by atoms with Crippen molar-refractivity contribution in [1.82, 2.24) is 0 Å². The Bertz CT molecular complexity index is 668. The smallest absolute Gasteiger partial charge is 0.126 e. The number of thiocarbonyl (C=S) groups is 1. The number of rotatable bonds is 3. The van der Waals surface area contributed by atoms with Crippen LogP contribution in [0, 0.1) is 5.82 Å². The van der Waals surface area contributed by atoms with Gasteiger partial charge in [-0.2, -0.15) is 0 Å². The zero-order chi connectivity index (χ0) is 14.9. The van der Waals surface area contributed by atoms with Gasteiger partial charge in [-0.15, -0.1) is 0 Å². The lowest BCUT2D eigenvalue weighted by Crippen LogP contribution is -2.12. The van der Waals surface area contributed by atoms with Gasteiger partial charge in [0.05, 0.1) is 21.4 Å². The molecule has 2 aromatic rings. The van der Waals surface area contributed by atoms with Crippen molar-refractivity contribution in [3.05, 3.63) is 56.8 Å². The zero-order valence-corrected chi connectivity index (χ0v) is 13.0. The summed E-state index contributed by atoms with van der Waals surface area (Å²) >= 11 is 22.9. The summed E-state index contributed by atoms with van der Waals surface area (Å²) in [5.41, 5.74) is 7.12. The molecule has 20 heavy (non-hydrogen) atoms. The highest BCUT2D eigenvalue weighted by atomic mass is 35.5. The van der Waals surface area contributed by atoms with E-state index in [2.05, 4.69) is 5.32 Å². The molecular weight excluding hydrogens is 342 g/mol. The zero-order valence-electron chi connectivity index (χ0n) is 9.88. The van der Waals surface area contributed by atoms with E-state index in [1.54, 1.807) is 18.2 Å². The molecule has 0 spiro atoms. The van der Waals surface area contributed by atoms with Gasteiger partial charge in [-0.3, -0.25) is 0 Å². The van der Waals surface area contributed by atoms with E-state index < -0.39 is 5.82 Å². The molecular formula is C13H8Cl3FN2S. The molecule has 0 bridgehead atoms. The molecule has 2 nitrogen and oxygen atoms in total. The topological polar surface area (TPSA) is 38.0 Å². The van der Waals surface area contributed by atoms with Crippen LogP contribution in [-0.4, -0.2) is 4.99 Å². The second-order valence-electron chi connectivity index (χ2n) is 3.92. The van der Waals surface area contributed by atoms with Gasteiger partial charge < -0.3 is 11.1 Å². The fourth-order valence-electron chi connectivity index (χ4n) is 1.63. The summed E-state index contributed by atoms with van der Waals surface area (Å²) in [5.74, 6) is -0.522. The van der Waals surface area contributed by atoms with Gasteiger partial charge in [-0.05, 0) is 30.3 Å². The third-order valence-corrected chi connectivity index (χ3v) is 3.56. The first-order valence-corrected chi connectivity index (χ1v) is 6.93. The molecule has 3 N–H and O–H groups in total. The van der Waals surface area contributed by atoms with Crippen LogP contribution in [0.4, 0.5) is 15.8 Å². The summed E-state index contributed by atoms with van der Waals surface area (Å²) in [5, 5.41) is 3.75. The lowest BCUT2D eigenvalue weighted by atomic mass is 10.1. The second kappa shape index (κ2) is 6.14. The van der Waals surface area contributed by atoms with Crippen molar-refractivity contribution in [2.24, 2.45) is 5.73 Å². The van der Waals surface area contributed by atoms with Crippen LogP contribution in [0.15, 0.2) is 30.3 Å². The van der Waals surface area contributed by atoms with Crippen molar-refractivity contribution in [2.75, 3.05) is 5.32 Å². The van der Waals surface area contributed by atoms with E-state index >= 15 is 0 Å². The highest BCUT2D eigenvalue weighted by Gasteiger charge is 2.12. The van der Waals surface area contributed by atoms with Crippen LogP contribution in [0.1, 0.15) is 5.56 Å². The minimum atomic E-state index is -0.522. The van der Waals surface area contributed by atoms with Gasteiger partial charge in [-0.25, -0.2) is 4.39 Å². The molecule has 0 fully saturated rings. The van der Waals surface area contributed by atoms with Crippen LogP contribution in [-0.2, 0) is 0 Å². The molecule has 0 aromatic heterocycles. The third-order valence-electron chi connectivity index (χ3n) is 2.51. The Hall–Kier alpha value is -1.07. The summed E-state index contributed by atoms with van der Waals surface area (Å²) in [6, 6.07) is 7.28. The maximum Gasteiger partial charge on any atom is 0.126 e. The highest BCUT2D eigenvalue weighted by Crippen LogP contribution is 2.35. The van der Waals surface area contributed by atoms with Crippen molar-refractivity contribution < 1.29 is 4.39 Å². The monoisotopic (exact) mass is 348 g/mol. The number of benzene rings is 2. The summed E-state index contributed by atoms with van der Waals surface area (Å²) in [6.07, 6.45) is 0. The number of nitrogens with two attached hydrogens (primary N) is 1. The first-order chi connectivity index (χ1) is 9.38. The number of anilines is 2. The number of hydrogen-bond acceptors (Lipinski definition) is 2. The second-order valence-corrected chi connectivity index (χ2v) is 5.61. The van der Waals surface area contributed by atoms with Crippen molar-refractivity contribution in [3.63, 3.8) is 0 Å². The maximum atomic E-state index is 13.2. The van der Waals surface area contributed by atoms with Gasteiger partial charge in [0.25, 0.3) is 0 Å². The van der Waals surface area contributed by atoms with Crippen LogP contribution < -0.4 is 11.1 Å². The Balaban J connectivity index is 2.50. The standard InChI is InChI=1S/C13H8Cl3FN2S/c14-6-1-2-8(13(18)20)11(3-6)19-12-9(15)4-7(17)5-10(12)16/h1-5,19H,(H2,18,20). The van der Waals surface area contributed by atoms with E-state index in [4.69, 9.17) is 52.8 Å². The normalized spacial score (nSPS) is 10.4. The molecule has 0 atom stereocenters. The maximum absolute atomic E-state index is 13.2. The van der Waals surface area contributed by atoms with Crippen LogP contribution in [0.2, 0.25) is 15.1 Å². The molecule has 104 valence electrons. The Morgan fingerprint density at radius 2 is 1.70 bits per heavy atom. The molecule has 0 amide bonds. The highest BCUT2D eigenvalue weighted by molar-refractivity contribution is 7.80. The molecule has 0 aliphatic rings. The lowest BCUT2D eigenvalue weighted by molar-refractivity contribution is 0.628. The van der Waals surface area contributed by atoms with E-state index in [0.29, 0.717) is 22.0 Å². The molecule has 7 heteroatoms. The molecule has 2 aromatic carbocycles. The molecule has 0 aliphatic carbocycles. The van der Waals surface area contributed by atoms with E-state index in [1.165, 1.54) is 0 Å². The van der Waals surface area contributed by atoms with Crippen LogP contribution in [0.3, 0.4) is 0 Å². The summed E-state index contributed by atoms with van der Waals surface area (Å²) in [6.45, 7) is 0. The van der Waals surface area contributed by atoms with Crippen molar-refractivity contribution in [3.8, 4) is 0 Å². The minimum absolute atomic E-state index is 0.142. The first kappa shape index (κ1) is 15.3. The van der Waals surface area contributed by atoms with Gasteiger partial charge in [0.15, 0.2) is 0 Å². The van der Waals surface area contributed by atoms with Gasteiger partial charge in [-0.1, -0.05) is 47.0 Å². The average molecular weight is 350 g/mol. The van der Waals surface area contributed by atoms with Gasteiger partial charge in [0.1, 0.15) is 10.8 Å². The van der Waals surface area contributed by atoms with E-state index in [1.807, 2.05) is 0 Å². The Labute approximate surface area is 135 Å². The predicted molar refractivity (Wildman–Crippen MR) is 87.0 cm³/mol. The quantitative estimate of drug-likeness (QED) is 0.751. The molecule has 0 saturated carbocycles. The Kier molecular flexibility index (Phi) is 4.70. The average Bonchev–Trinajstić information content (AvgIpc) is 2.33. The Morgan fingerprint density at radius 3 is 2.25 bits per heavy atom. The van der Waals surface area contributed by atoms with Crippen molar-refractivity contribution in [2.45, 2.75) is 0 Å². The largest absolute Gasteiger partial charge is 0.389 e. The van der Waals surface area contributed by atoms with Gasteiger partial charge in [0.2, 0.25) is 0 Å². The van der Waals surface area contributed by atoms with Crippen molar-refractivity contribution in [1.29, 1.82) is 0 Å². The first-order valence-electron chi connectivity index (χ1n) is 5.39. The number of hydrogen-bond donors (Lipinski definition) is 2. The predicted octanol–water partition coefficient (Wildman–Crippen LogP) is 5.16. The van der Waals surface area contributed by atoms with Gasteiger partial charge >= 0.3 is 0 Å². The third kappa shape index (κ3) is 3.33. The molecule has 0 saturated heterocycles. The Morgan fingerprint density at radius 1 is 1.10 bits per heavy atom. The lowest BCUT2D eigenvalue weighted by Gasteiger charge is -2.14. The molecule has 0 radical (unpaired) electrons. The molecule has 0 aliphatic heterocycles. The van der Waals surface area contributed by atoms with Crippen LogP contribution in [0.25, 0.3) is 0 Å². The minimum Gasteiger partial charge on any atom is -0.389 e.